The van der Waals surface area contributed by atoms with Crippen LogP contribution >= 0.6 is 0 Å². The summed E-state index contributed by atoms with van der Waals surface area (Å²) < 4.78 is 0. The highest BCUT2D eigenvalue weighted by Crippen LogP contribution is 2.30. The van der Waals surface area contributed by atoms with Crippen LogP contribution in [0.1, 0.15) is 40.5 Å². The van der Waals surface area contributed by atoms with Gasteiger partial charge in [-0.3, -0.25) is 0 Å². The standard InChI is InChI=1S/C13H28N2/c1-5-14-9-11(3)12(4)15(6-2)10-13-7-8-13/h11-14H,5-10H2,1-4H3. The molecule has 0 spiro atoms. The molecule has 0 aromatic carbocycles. The molecule has 1 fully saturated rings. The quantitative estimate of drug-likeness (QED) is 0.664. The van der Waals surface area contributed by atoms with Crippen molar-refractivity contribution in [3.05, 3.63) is 0 Å². The molecule has 2 heteroatoms. The molecule has 1 aliphatic rings. The Morgan fingerprint density at radius 3 is 2.40 bits per heavy atom. The van der Waals surface area contributed by atoms with E-state index >= 15 is 0 Å². The van der Waals surface area contributed by atoms with Crippen LogP contribution < -0.4 is 5.32 Å². The van der Waals surface area contributed by atoms with Crippen LogP contribution in [0.25, 0.3) is 0 Å². The Kier molecular flexibility index (Phi) is 5.62. The summed E-state index contributed by atoms with van der Waals surface area (Å²) in [7, 11) is 0. The van der Waals surface area contributed by atoms with E-state index in [4.69, 9.17) is 0 Å². The first kappa shape index (κ1) is 13.0. The Morgan fingerprint density at radius 2 is 1.93 bits per heavy atom. The van der Waals surface area contributed by atoms with Gasteiger partial charge in [0.15, 0.2) is 0 Å². The van der Waals surface area contributed by atoms with Crippen LogP contribution in [0.2, 0.25) is 0 Å². The van der Waals surface area contributed by atoms with E-state index in [1.54, 1.807) is 0 Å². The lowest BCUT2D eigenvalue weighted by Crippen LogP contribution is -2.42. The lowest BCUT2D eigenvalue weighted by atomic mass is 10.0. The van der Waals surface area contributed by atoms with Crippen molar-refractivity contribution in [2.75, 3.05) is 26.2 Å². The molecule has 0 aliphatic heterocycles. The maximum Gasteiger partial charge on any atom is 0.0105 e. The Balaban J connectivity index is 2.28. The Bertz CT molecular complexity index is 166. The van der Waals surface area contributed by atoms with Crippen LogP contribution in [0.3, 0.4) is 0 Å². The third kappa shape index (κ3) is 4.52. The third-order valence-electron chi connectivity index (χ3n) is 3.71. The fourth-order valence-corrected chi connectivity index (χ4v) is 2.12. The highest BCUT2D eigenvalue weighted by atomic mass is 15.2. The zero-order chi connectivity index (χ0) is 11.3. The molecule has 1 rings (SSSR count). The van der Waals surface area contributed by atoms with Gasteiger partial charge in [-0.15, -0.1) is 0 Å². The fraction of sp³-hybridized carbons (Fsp3) is 1.00. The van der Waals surface area contributed by atoms with E-state index in [0.717, 1.165) is 31.0 Å². The molecule has 15 heavy (non-hydrogen) atoms. The minimum atomic E-state index is 0.717. The molecule has 90 valence electrons. The zero-order valence-corrected chi connectivity index (χ0v) is 10.9. The minimum absolute atomic E-state index is 0.717. The van der Waals surface area contributed by atoms with Crippen molar-refractivity contribution in [3.8, 4) is 0 Å². The van der Waals surface area contributed by atoms with Gasteiger partial charge in [0.25, 0.3) is 0 Å². The van der Waals surface area contributed by atoms with Gasteiger partial charge in [0.2, 0.25) is 0 Å². The van der Waals surface area contributed by atoms with Crippen LogP contribution in [0.15, 0.2) is 0 Å². The second-order valence-corrected chi connectivity index (χ2v) is 5.06. The summed E-state index contributed by atoms with van der Waals surface area (Å²) in [6.07, 6.45) is 2.93. The van der Waals surface area contributed by atoms with E-state index in [1.807, 2.05) is 0 Å². The normalized spacial score (nSPS) is 20.6. The highest BCUT2D eigenvalue weighted by Gasteiger charge is 2.27. The van der Waals surface area contributed by atoms with Crippen LogP contribution in [-0.4, -0.2) is 37.1 Å². The largest absolute Gasteiger partial charge is 0.317 e. The molecule has 2 atom stereocenters. The second-order valence-electron chi connectivity index (χ2n) is 5.06. The molecular weight excluding hydrogens is 184 g/mol. The lowest BCUT2D eigenvalue weighted by molar-refractivity contribution is 0.161. The van der Waals surface area contributed by atoms with Crippen LogP contribution in [0.4, 0.5) is 0 Å². The molecule has 0 radical (unpaired) electrons. The number of hydrogen-bond donors (Lipinski definition) is 1. The molecule has 0 heterocycles. The van der Waals surface area contributed by atoms with Crippen molar-refractivity contribution >= 4 is 0 Å². The van der Waals surface area contributed by atoms with E-state index in [-0.39, 0.29) is 0 Å². The molecule has 0 amide bonds. The van der Waals surface area contributed by atoms with E-state index in [0.29, 0.717) is 0 Å². The summed E-state index contributed by atoms with van der Waals surface area (Å²) in [5.74, 6) is 1.77. The van der Waals surface area contributed by atoms with Gasteiger partial charge in [-0.25, -0.2) is 0 Å². The van der Waals surface area contributed by atoms with Gasteiger partial charge in [0.05, 0.1) is 0 Å². The van der Waals surface area contributed by atoms with E-state index in [1.165, 1.54) is 25.9 Å². The Hall–Kier alpha value is -0.0800. The molecule has 1 saturated carbocycles. The van der Waals surface area contributed by atoms with Gasteiger partial charge in [0, 0.05) is 12.6 Å². The van der Waals surface area contributed by atoms with Gasteiger partial charge in [0.1, 0.15) is 0 Å². The average Bonchev–Trinajstić information content (AvgIpc) is 3.05. The van der Waals surface area contributed by atoms with Crippen molar-refractivity contribution in [1.29, 1.82) is 0 Å². The van der Waals surface area contributed by atoms with Crippen molar-refractivity contribution in [3.63, 3.8) is 0 Å². The predicted octanol–water partition coefficient (Wildman–Crippen LogP) is 2.35. The molecular formula is C13H28N2. The summed E-state index contributed by atoms with van der Waals surface area (Å²) in [4.78, 5) is 2.65. The predicted molar refractivity (Wildman–Crippen MR) is 67.1 cm³/mol. The molecule has 1 aliphatic carbocycles. The highest BCUT2D eigenvalue weighted by molar-refractivity contribution is 4.81. The van der Waals surface area contributed by atoms with Crippen LogP contribution in [0.5, 0.6) is 0 Å². The van der Waals surface area contributed by atoms with Gasteiger partial charge in [-0.2, -0.15) is 0 Å². The molecule has 0 aromatic heterocycles. The van der Waals surface area contributed by atoms with Gasteiger partial charge in [-0.05, 0) is 51.2 Å². The summed E-state index contributed by atoms with van der Waals surface area (Å²) in [6, 6.07) is 0.717. The van der Waals surface area contributed by atoms with Gasteiger partial charge < -0.3 is 10.2 Å². The smallest absolute Gasteiger partial charge is 0.0105 e. The first-order chi connectivity index (χ1) is 7.19. The molecule has 0 saturated heterocycles. The summed E-state index contributed by atoms with van der Waals surface area (Å²) in [6.45, 7) is 14.0. The number of nitrogens with one attached hydrogen (secondary N) is 1. The van der Waals surface area contributed by atoms with Crippen molar-refractivity contribution in [1.82, 2.24) is 10.2 Å². The Labute approximate surface area is 95.4 Å². The van der Waals surface area contributed by atoms with E-state index < -0.39 is 0 Å². The zero-order valence-electron chi connectivity index (χ0n) is 10.9. The van der Waals surface area contributed by atoms with Crippen molar-refractivity contribution < 1.29 is 0 Å². The molecule has 0 bridgehead atoms. The average molecular weight is 212 g/mol. The molecule has 0 aromatic rings. The maximum absolute atomic E-state index is 3.45. The second kappa shape index (κ2) is 6.49. The molecule has 2 unspecified atom stereocenters. The van der Waals surface area contributed by atoms with Gasteiger partial charge >= 0.3 is 0 Å². The summed E-state index contributed by atoms with van der Waals surface area (Å²) >= 11 is 0. The van der Waals surface area contributed by atoms with Crippen molar-refractivity contribution in [2.24, 2.45) is 11.8 Å². The fourth-order valence-electron chi connectivity index (χ4n) is 2.12. The monoisotopic (exact) mass is 212 g/mol. The number of nitrogens with zero attached hydrogens (tertiary/aromatic N) is 1. The van der Waals surface area contributed by atoms with E-state index in [2.05, 4.69) is 37.9 Å². The first-order valence-electron chi connectivity index (χ1n) is 6.63. The van der Waals surface area contributed by atoms with E-state index in [9.17, 15) is 0 Å². The topological polar surface area (TPSA) is 15.3 Å². The SMILES string of the molecule is CCNCC(C)C(C)N(CC)CC1CC1. The lowest BCUT2D eigenvalue weighted by Gasteiger charge is -2.32. The minimum Gasteiger partial charge on any atom is -0.317 e. The first-order valence-corrected chi connectivity index (χ1v) is 6.63. The Morgan fingerprint density at radius 1 is 1.27 bits per heavy atom. The summed E-state index contributed by atoms with van der Waals surface area (Å²) in [5, 5.41) is 3.45. The maximum atomic E-state index is 3.45. The number of rotatable bonds is 8. The van der Waals surface area contributed by atoms with Crippen LogP contribution in [0, 0.1) is 11.8 Å². The molecule has 2 nitrogen and oxygen atoms in total. The number of hydrogen-bond acceptors (Lipinski definition) is 2. The molecule has 1 N–H and O–H groups in total. The third-order valence-corrected chi connectivity index (χ3v) is 3.71. The van der Waals surface area contributed by atoms with Crippen LogP contribution in [-0.2, 0) is 0 Å². The van der Waals surface area contributed by atoms with Crippen molar-refractivity contribution in [2.45, 2.75) is 46.6 Å². The summed E-state index contributed by atoms with van der Waals surface area (Å²) in [5.41, 5.74) is 0. The van der Waals surface area contributed by atoms with Gasteiger partial charge in [-0.1, -0.05) is 20.8 Å².